The van der Waals surface area contributed by atoms with Gasteiger partial charge in [-0.3, -0.25) is 4.79 Å². The Morgan fingerprint density at radius 2 is 1.96 bits per heavy atom. The summed E-state index contributed by atoms with van der Waals surface area (Å²) < 4.78 is 10.5. The first kappa shape index (κ1) is 19.7. The number of halogens is 1. The zero-order valence-electron chi connectivity index (χ0n) is 13.8. The zero-order valence-corrected chi connectivity index (χ0v) is 14.7. The fraction of sp³-hybridized carbons (Fsp3) is 0.588. The number of amides is 1. The van der Waals surface area contributed by atoms with Gasteiger partial charge in [-0.25, -0.2) is 0 Å². The first-order chi connectivity index (χ1) is 10.6. The summed E-state index contributed by atoms with van der Waals surface area (Å²) >= 11 is 0. The van der Waals surface area contributed by atoms with Gasteiger partial charge in [-0.15, -0.1) is 12.4 Å². The highest BCUT2D eigenvalue weighted by atomic mass is 35.5. The normalized spacial score (nSPS) is 17.2. The number of benzene rings is 1. The lowest BCUT2D eigenvalue weighted by atomic mass is 9.78. The van der Waals surface area contributed by atoms with E-state index in [0.29, 0.717) is 6.54 Å². The smallest absolute Gasteiger partial charge is 0.239 e. The van der Waals surface area contributed by atoms with Crippen LogP contribution in [0.4, 0.5) is 0 Å². The Labute approximate surface area is 144 Å². The number of methoxy groups -OCH3 is 2. The van der Waals surface area contributed by atoms with Crippen molar-refractivity contribution in [2.75, 3.05) is 27.4 Å². The average molecular weight is 343 g/mol. The average Bonchev–Trinajstić information content (AvgIpc) is 3.02. The standard InChI is InChI=1S/C17H26N2O3.ClH/c1-21-11-14(18)16(20)19-12-17(9-5-6-10-17)13-7-3-4-8-15(13)22-2;/h3-4,7-8,14H,5-6,9-12,18H2,1-2H3,(H,19,20);1H. The Balaban J connectivity index is 0.00000264. The molecule has 1 unspecified atom stereocenters. The molecule has 0 heterocycles. The van der Waals surface area contributed by atoms with Crippen LogP contribution < -0.4 is 15.8 Å². The van der Waals surface area contributed by atoms with E-state index in [2.05, 4.69) is 11.4 Å². The van der Waals surface area contributed by atoms with Crippen LogP contribution in [0, 0.1) is 0 Å². The van der Waals surface area contributed by atoms with Gasteiger partial charge in [0, 0.05) is 24.6 Å². The molecule has 0 saturated heterocycles. The van der Waals surface area contributed by atoms with E-state index < -0.39 is 6.04 Å². The van der Waals surface area contributed by atoms with Crippen LogP contribution in [-0.2, 0) is 14.9 Å². The number of carbonyl (C=O) groups excluding carboxylic acids is 1. The largest absolute Gasteiger partial charge is 0.496 e. The number of para-hydroxylation sites is 1. The molecular weight excluding hydrogens is 316 g/mol. The summed E-state index contributed by atoms with van der Waals surface area (Å²) in [5.41, 5.74) is 6.90. The minimum atomic E-state index is -0.624. The quantitative estimate of drug-likeness (QED) is 0.795. The zero-order chi connectivity index (χ0) is 16.0. The predicted molar refractivity (Wildman–Crippen MR) is 93.2 cm³/mol. The second-order valence-corrected chi connectivity index (χ2v) is 5.97. The van der Waals surface area contributed by atoms with E-state index in [1.165, 1.54) is 5.56 Å². The Kier molecular flexibility index (Phi) is 7.82. The summed E-state index contributed by atoms with van der Waals surface area (Å²) in [6, 6.07) is 7.45. The molecule has 0 aromatic heterocycles. The van der Waals surface area contributed by atoms with Gasteiger partial charge in [0.1, 0.15) is 11.8 Å². The van der Waals surface area contributed by atoms with Crippen molar-refractivity contribution in [3.05, 3.63) is 29.8 Å². The van der Waals surface area contributed by atoms with Gasteiger partial charge in [-0.05, 0) is 18.9 Å². The van der Waals surface area contributed by atoms with Crippen molar-refractivity contribution in [1.82, 2.24) is 5.32 Å². The van der Waals surface area contributed by atoms with Gasteiger partial charge in [0.2, 0.25) is 5.91 Å². The molecule has 0 spiro atoms. The molecule has 5 nitrogen and oxygen atoms in total. The number of ether oxygens (including phenoxy) is 2. The Morgan fingerprint density at radius 3 is 2.57 bits per heavy atom. The molecule has 1 aromatic rings. The maximum atomic E-state index is 12.1. The highest BCUT2D eigenvalue weighted by molar-refractivity contribution is 5.85. The van der Waals surface area contributed by atoms with E-state index in [-0.39, 0.29) is 30.3 Å². The van der Waals surface area contributed by atoms with Gasteiger partial charge in [0.25, 0.3) is 0 Å². The van der Waals surface area contributed by atoms with Crippen LogP contribution in [0.25, 0.3) is 0 Å². The fourth-order valence-corrected chi connectivity index (χ4v) is 3.32. The van der Waals surface area contributed by atoms with E-state index in [4.69, 9.17) is 15.2 Å². The van der Waals surface area contributed by atoms with Crippen molar-refractivity contribution in [3.8, 4) is 5.75 Å². The van der Waals surface area contributed by atoms with E-state index >= 15 is 0 Å². The molecule has 2 rings (SSSR count). The van der Waals surface area contributed by atoms with Gasteiger partial charge < -0.3 is 20.5 Å². The molecule has 0 radical (unpaired) electrons. The third-order valence-electron chi connectivity index (χ3n) is 4.52. The first-order valence-electron chi connectivity index (χ1n) is 7.79. The number of rotatable bonds is 7. The number of nitrogens with one attached hydrogen (secondary N) is 1. The maximum absolute atomic E-state index is 12.1. The van der Waals surface area contributed by atoms with Gasteiger partial charge in [-0.1, -0.05) is 31.0 Å². The maximum Gasteiger partial charge on any atom is 0.239 e. The molecule has 130 valence electrons. The minimum Gasteiger partial charge on any atom is -0.496 e. The molecule has 1 aliphatic rings. The number of carbonyl (C=O) groups is 1. The number of nitrogens with two attached hydrogens (primary N) is 1. The van der Waals surface area contributed by atoms with Crippen molar-refractivity contribution in [1.29, 1.82) is 0 Å². The molecule has 3 N–H and O–H groups in total. The molecule has 1 fully saturated rings. The van der Waals surface area contributed by atoms with E-state index in [1.54, 1.807) is 14.2 Å². The topological polar surface area (TPSA) is 73.6 Å². The van der Waals surface area contributed by atoms with Gasteiger partial charge >= 0.3 is 0 Å². The Morgan fingerprint density at radius 1 is 1.30 bits per heavy atom. The number of hydrogen-bond donors (Lipinski definition) is 2. The molecule has 1 amide bonds. The van der Waals surface area contributed by atoms with Crippen LogP contribution in [-0.4, -0.2) is 39.3 Å². The summed E-state index contributed by atoms with van der Waals surface area (Å²) in [4.78, 5) is 12.1. The SMILES string of the molecule is COCC(N)C(=O)NCC1(c2ccccc2OC)CCCC1.Cl. The first-order valence-corrected chi connectivity index (χ1v) is 7.79. The molecule has 1 aliphatic carbocycles. The van der Waals surface area contributed by atoms with Crippen molar-refractivity contribution in [2.24, 2.45) is 5.73 Å². The highest BCUT2D eigenvalue weighted by Gasteiger charge is 2.38. The van der Waals surface area contributed by atoms with Crippen molar-refractivity contribution in [2.45, 2.75) is 37.1 Å². The van der Waals surface area contributed by atoms with Crippen molar-refractivity contribution >= 4 is 18.3 Å². The lowest BCUT2D eigenvalue weighted by Crippen LogP contribution is -2.48. The van der Waals surface area contributed by atoms with Crippen LogP contribution in [0.3, 0.4) is 0 Å². The highest BCUT2D eigenvalue weighted by Crippen LogP contribution is 2.44. The van der Waals surface area contributed by atoms with E-state index in [9.17, 15) is 4.79 Å². The summed E-state index contributed by atoms with van der Waals surface area (Å²) in [5.74, 6) is 0.725. The summed E-state index contributed by atoms with van der Waals surface area (Å²) in [6.45, 7) is 0.817. The summed E-state index contributed by atoms with van der Waals surface area (Å²) in [6.07, 6.45) is 4.43. The van der Waals surface area contributed by atoms with Crippen LogP contribution in [0.15, 0.2) is 24.3 Å². The van der Waals surface area contributed by atoms with Gasteiger partial charge in [0.05, 0.1) is 13.7 Å². The van der Waals surface area contributed by atoms with Crippen LogP contribution in [0.1, 0.15) is 31.2 Å². The van der Waals surface area contributed by atoms with Crippen LogP contribution in [0.5, 0.6) is 5.75 Å². The lowest BCUT2D eigenvalue weighted by Gasteiger charge is -2.31. The van der Waals surface area contributed by atoms with Gasteiger partial charge in [-0.2, -0.15) is 0 Å². The fourth-order valence-electron chi connectivity index (χ4n) is 3.32. The molecule has 23 heavy (non-hydrogen) atoms. The molecule has 0 aliphatic heterocycles. The van der Waals surface area contributed by atoms with Crippen molar-refractivity contribution in [3.63, 3.8) is 0 Å². The molecule has 1 saturated carbocycles. The van der Waals surface area contributed by atoms with E-state index in [1.807, 2.05) is 18.2 Å². The molecule has 1 aromatic carbocycles. The molecule has 0 bridgehead atoms. The second-order valence-electron chi connectivity index (χ2n) is 5.97. The summed E-state index contributed by atoms with van der Waals surface area (Å²) in [7, 11) is 3.23. The van der Waals surface area contributed by atoms with E-state index in [0.717, 1.165) is 31.4 Å². The Bertz CT molecular complexity index is 504. The molecule has 1 atom stereocenters. The van der Waals surface area contributed by atoms with Gasteiger partial charge in [0.15, 0.2) is 0 Å². The summed E-state index contributed by atoms with van der Waals surface area (Å²) in [5, 5.41) is 3.00. The predicted octanol–water partition coefficient (Wildman–Crippen LogP) is 2.02. The van der Waals surface area contributed by atoms with Crippen molar-refractivity contribution < 1.29 is 14.3 Å². The molecule has 6 heteroatoms. The Hall–Kier alpha value is -1.30. The van der Waals surface area contributed by atoms with Crippen LogP contribution >= 0.6 is 12.4 Å². The molecular formula is C17H27ClN2O3. The minimum absolute atomic E-state index is 0. The lowest BCUT2D eigenvalue weighted by molar-refractivity contribution is -0.123. The second kappa shape index (κ2) is 9.11. The number of hydrogen-bond acceptors (Lipinski definition) is 4. The monoisotopic (exact) mass is 342 g/mol. The third kappa shape index (κ3) is 4.59. The third-order valence-corrected chi connectivity index (χ3v) is 4.52. The van der Waals surface area contributed by atoms with Crippen LogP contribution in [0.2, 0.25) is 0 Å².